The van der Waals surface area contributed by atoms with Gasteiger partial charge < -0.3 is 9.64 Å². The number of amides is 2. The van der Waals surface area contributed by atoms with E-state index in [2.05, 4.69) is 12.1 Å². The minimum atomic E-state index is -0.309. The van der Waals surface area contributed by atoms with Gasteiger partial charge in [-0.2, -0.15) is 0 Å². The number of aryl methyl sites for hydroxylation is 1. The fourth-order valence-electron chi connectivity index (χ4n) is 3.36. The number of fused-ring (bicyclic) bond motifs is 1. The first-order valence-electron chi connectivity index (χ1n) is 7.98. The van der Waals surface area contributed by atoms with Crippen molar-refractivity contribution in [3.8, 4) is 11.1 Å². The third kappa shape index (κ3) is 2.24. The SMILES string of the molecule is Cc1ccc(N2CCOC2=O)c(-c2ccc3c(c2)CN(C)C3=O)c1. The number of carbonyl (C=O) groups excluding carboxylic acids is 2. The van der Waals surface area contributed by atoms with Gasteiger partial charge in [0, 0.05) is 24.7 Å². The first-order valence-corrected chi connectivity index (χ1v) is 7.98. The van der Waals surface area contributed by atoms with Crippen molar-refractivity contribution in [2.24, 2.45) is 0 Å². The van der Waals surface area contributed by atoms with E-state index in [4.69, 9.17) is 4.74 Å². The van der Waals surface area contributed by atoms with Crippen LogP contribution in [0, 0.1) is 6.92 Å². The zero-order valence-electron chi connectivity index (χ0n) is 13.7. The fourth-order valence-corrected chi connectivity index (χ4v) is 3.36. The van der Waals surface area contributed by atoms with E-state index >= 15 is 0 Å². The summed E-state index contributed by atoms with van der Waals surface area (Å²) >= 11 is 0. The number of anilines is 1. The summed E-state index contributed by atoms with van der Waals surface area (Å²) in [4.78, 5) is 27.4. The van der Waals surface area contributed by atoms with Gasteiger partial charge in [0.05, 0.1) is 12.2 Å². The van der Waals surface area contributed by atoms with Crippen molar-refractivity contribution >= 4 is 17.7 Å². The van der Waals surface area contributed by atoms with Crippen LogP contribution in [0.25, 0.3) is 11.1 Å². The Balaban J connectivity index is 1.82. The minimum Gasteiger partial charge on any atom is -0.447 e. The monoisotopic (exact) mass is 322 g/mol. The van der Waals surface area contributed by atoms with Gasteiger partial charge in [-0.15, -0.1) is 0 Å². The highest BCUT2D eigenvalue weighted by Crippen LogP contribution is 2.35. The molecule has 0 radical (unpaired) electrons. The highest BCUT2D eigenvalue weighted by atomic mass is 16.6. The van der Waals surface area contributed by atoms with Gasteiger partial charge in [0.25, 0.3) is 5.91 Å². The molecule has 0 saturated carbocycles. The van der Waals surface area contributed by atoms with Crippen LogP contribution >= 0.6 is 0 Å². The molecule has 2 aliphatic rings. The quantitative estimate of drug-likeness (QED) is 0.853. The smallest absolute Gasteiger partial charge is 0.414 e. The van der Waals surface area contributed by atoms with E-state index in [1.165, 1.54) is 0 Å². The van der Waals surface area contributed by atoms with Crippen LogP contribution in [0.15, 0.2) is 36.4 Å². The Bertz CT molecular complexity index is 860. The lowest BCUT2D eigenvalue weighted by Crippen LogP contribution is -2.24. The molecule has 4 rings (SSSR count). The second-order valence-corrected chi connectivity index (χ2v) is 6.32. The van der Waals surface area contributed by atoms with Crippen LogP contribution in [-0.4, -0.2) is 37.1 Å². The van der Waals surface area contributed by atoms with Crippen LogP contribution in [0.3, 0.4) is 0 Å². The molecule has 2 heterocycles. The van der Waals surface area contributed by atoms with Gasteiger partial charge in [0.15, 0.2) is 0 Å². The van der Waals surface area contributed by atoms with Gasteiger partial charge in [0.1, 0.15) is 6.61 Å². The Morgan fingerprint density at radius 3 is 2.62 bits per heavy atom. The highest BCUT2D eigenvalue weighted by molar-refractivity contribution is 6.00. The third-order valence-corrected chi connectivity index (χ3v) is 4.60. The van der Waals surface area contributed by atoms with Crippen molar-refractivity contribution in [3.63, 3.8) is 0 Å². The van der Waals surface area contributed by atoms with E-state index in [-0.39, 0.29) is 12.0 Å². The summed E-state index contributed by atoms with van der Waals surface area (Å²) in [5.41, 5.74) is 5.75. The number of hydrogen-bond acceptors (Lipinski definition) is 3. The molecule has 2 amide bonds. The fraction of sp³-hybridized carbons (Fsp3) is 0.263. The van der Waals surface area contributed by atoms with E-state index in [0.29, 0.717) is 19.7 Å². The Hall–Kier alpha value is -2.82. The summed E-state index contributed by atoms with van der Waals surface area (Å²) < 4.78 is 5.08. The van der Waals surface area contributed by atoms with E-state index in [1.54, 1.807) is 16.8 Å². The lowest BCUT2D eigenvalue weighted by molar-refractivity contribution is 0.0816. The summed E-state index contributed by atoms with van der Waals surface area (Å²) in [7, 11) is 1.81. The van der Waals surface area contributed by atoms with Crippen LogP contribution in [-0.2, 0) is 11.3 Å². The van der Waals surface area contributed by atoms with Crippen LogP contribution in [0.4, 0.5) is 10.5 Å². The van der Waals surface area contributed by atoms with E-state index in [1.807, 2.05) is 31.2 Å². The Labute approximate surface area is 140 Å². The Morgan fingerprint density at radius 2 is 1.88 bits per heavy atom. The number of carbonyl (C=O) groups is 2. The lowest BCUT2D eigenvalue weighted by atomic mass is 9.97. The Kier molecular flexibility index (Phi) is 3.30. The van der Waals surface area contributed by atoms with Crippen molar-refractivity contribution in [2.45, 2.75) is 13.5 Å². The average Bonchev–Trinajstić information content (AvgIpc) is 3.11. The number of ether oxygens (including phenoxy) is 1. The van der Waals surface area contributed by atoms with Crippen molar-refractivity contribution in [1.82, 2.24) is 4.90 Å². The number of cyclic esters (lactones) is 1. The molecule has 0 N–H and O–H groups in total. The van der Waals surface area contributed by atoms with Crippen LogP contribution in [0.1, 0.15) is 21.5 Å². The first-order chi connectivity index (χ1) is 11.5. The predicted octanol–water partition coefficient (Wildman–Crippen LogP) is 3.20. The molecule has 0 spiro atoms. The second kappa shape index (κ2) is 5.37. The van der Waals surface area contributed by atoms with Gasteiger partial charge in [-0.3, -0.25) is 9.69 Å². The topological polar surface area (TPSA) is 49.9 Å². The largest absolute Gasteiger partial charge is 0.447 e. The first kappa shape index (κ1) is 14.8. The van der Waals surface area contributed by atoms with Gasteiger partial charge >= 0.3 is 6.09 Å². The number of nitrogens with zero attached hydrogens (tertiary/aromatic N) is 2. The molecule has 2 aromatic rings. The molecule has 0 atom stereocenters. The maximum atomic E-state index is 12.1. The molecule has 0 aromatic heterocycles. The van der Waals surface area contributed by atoms with Gasteiger partial charge in [-0.05, 0) is 42.3 Å². The molecule has 5 nitrogen and oxygen atoms in total. The van der Waals surface area contributed by atoms with Crippen molar-refractivity contribution in [1.29, 1.82) is 0 Å². The number of benzene rings is 2. The highest BCUT2D eigenvalue weighted by Gasteiger charge is 2.28. The maximum Gasteiger partial charge on any atom is 0.414 e. The summed E-state index contributed by atoms with van der Waals surface area (Å²) in [6, 6.07) is 11.9. The van der Waals surface area contributed by atoms with Gasteiger partial charge in [-0.1, -0.05) is 17.7 Å². The summed E-state index contributed by atoms with van der Waals surface area (Å²) in [6.07, 6.45) is -0.309. The molecule has 0 aliphatic carbocycles. The molecule has 2 aromatic carbocycles. The standard InChI is InChI=1S/C19H18N2O3/c1-12-3-6-17(21-7-8-24-19(21)23)16(9-12)13-4-5-15-14(10-13)11-20(2)18(15)22/h3-6,9-10H,7-8,11H2,1-2H3. The minimum absolute atomic E-state index is 0.0594. The summed E-state index contributed by atoms with van der Waals surface area (Å²) in [5, 5.41) is 0. The summed E-state index contributed by atoms with van der Waals surface area (Å²) in [6.45, 7) is 3.62. The molecule has 122 valence electrons. The zero-order valence-corrected chi connectivity index (χ0v) is 13.7. The maximum absolute atomic E-state index is 12.1. The van der Waals surface area contributed by atoms with E-state index in [0.717, 1.165) is 33.5 Å². The molecule has 1 fully saturated rings. The van der Waals surface area contributed by atoms with Crippen molar-refractivity contribution in [3.05, 3.63) is 53.1 Å². The number of hydrogen-bond donors (Lipinski definition) is 0. The lowest BCUT2D eigenvalue weighted by Gasteiger charge is -2.18. The normalized spacial score (nSPS) is 16.6. The molecular weight excluding hydrogens is 304 g/mol. The Morgan fingerprint density at radius 1 is 1.04 bits per heavy atom. The molecule has 0 unspecified atom stereocenters. The van der Waals surface area contributed by atoms with Crippen molar-refractivity contribution < 1.29 is 14.3 Å². The average molecular weight is 322 g/mol. The molecule has 2 aliphatic heterocycles. The van der Waals surface area contributed by atoms with Gasteiger partial charge in [-0.25, -0.2) is 4.79 Å². The molecule has 1 saturated heterocycles. The number of rotatable bonds is 2. The van der Waals surface area contributed by atoms with Crippen LogP contribution in [0.5, 0.6) is 0 Å². The van der Waals surface area contributed by atoms with E-state index in [9.17, 15) is 9.59 Å². The van der Waals surface area contributed by atoms with E-state index < -0.39 is 0 Å². The third-order valence-electron chi connectivity index (χ3n) is 4.60. The van der Waals surface area contributed by atoms with Crippen LogP contribution in [0.2, 0.25) is 0 Å². The molecule has 5 heteroatoms. The zero-order chi connectivity index (χ0) is 16.8. The molecule has 24 heavy (non-hydrogen) atoms. The second-order valence-electron chi connectivity index (χ2n) is 6.32. The predicted molar refractivity (Wildman–Crippen MR) is 91.1 cm³/mol. The summed E-state index contributed by atoms with van der Waals surface area (Å²) in [5.74, 6) is 0.0594. The van der Waals surface area contributed by atoms with Gasteiger partial charge in [0.2, 0.25) is 0 Å². The van der Waals surface area contributed by atoms with Crippen molar-refractivity contribution in [2.75, 3.05) is 25.1 Å². The molecule has 0 bridgehead atoms. The molecular formula is C19H18N2O3. The van der Waals surface area contributed by atoms with Crippen LogP contribution < -0.4 is 4.90 Å².